The Morgan fingerprint density at radius 3 is 3.12 bits per heavy atom. The molecule has 5 nitrogen and oxygen atoms in total. The molecular formula is C12H18N4O. The van der Waals surface area contributed by atoms with E-state index in [9.17, 15) is 4.79 Å². The van der Waals surface area contributed by atoms with Crippen LogP contribution < -0.4 is 16.2 Å². The molecule has 0 atom stereocenters. The van der Waals surface area contributed by atoms with Crippen LogP contribution in [0.15, 0.2) is 22.5 Å². The normalized spacial score (nSPS) is 15.5. The number of aryl methyl sites for hydroxylation is 1. The first-order valence-electron chi connectivity index (χ1n) is 5.94. The van der Waals surface area contributed by atoms with Crippen LogP contribution in [0.5, 0.6) is 0 Å². The number of rotatable bonds is 4. The first-order chi connectivity index (χ1) is 8.24. The lowest BCUT2D eigenvalue weighted by Crippen LogP contribution is -2.21. The Bertz CT molecular complexity index is 464. The van der Waals surface area contributed by atoms with Gasteiger partial charge in [0.05, 0.1) is 0 Å². The maximum absolute atomic E-state index is 11.2. The number of aromatic amines is 1. The van der Waals surface area contributed by atoms with Gasteiger partial charge in [0.1, 0.15) is 11.6 Å². The Morgan fingerprint density at radius 2 is 2.41 bits per heavy atom. The summed E-state index contributed by atoms with van der Waals surface area (Å²) in [6, 6.07) is 1.49. The van der Waals surface area contributed by atoms with Crippen LogP contribution in [-0.2, 0) is 0 Å². The zero-order chi connectivity index (χ0) is 12.1. The Kier molecular flexibility index (Phi) is 3.93. The van der Waals surface area contributed by atoms with Crippen molar-refractivity contribution in [2.24, 2.45) is 0 Å². The summed E-state index contributed by atoms with van der Waals surface area (Å²) in [5, 5.41) is 6.46. The molecule has 0 saturated carbocycles. The van der Waals surface area contributed by atoms with Gasteiger partial charge in [-0.2, -0.15) is 0 Å². The fourth-order valence-corrected chi connectivity index (χ4v) is 1.92. The predicted molar refractivity (Wildman–Crippen MR) is 68.3 cm³/mol. The van der Waals surface area contributed by atoms with Gasteiger partial charge in [-0.1, -0.05) is 11.6 Å². The molecule has 5 heteroatoms. The maximum Gasteiger partial charge on any atom is 0.252 e. The molecule has 0 radical (unpaired) electrons. The number of hydrogen-bond donors (Lipinski definition) is 3. The van der Waals surface area contributed by atoms with Crippen LogP contribution in [0.1, 0.15) is 18.7 Å². The van der Waals surface area contributed by atoms with Crippen molar-refractivity contribution >= 4 is 5.82 Å². The van der Waals surface area contributed by atoms with Crippen molar-refractivity contribution in [2.45, 2.75) is 19.8 Å². The van der Waals surface area contributed by atoms with Crippen molar-refractivity contribution in [1.29, 1.82) is 0 Å². The minimum atomic E-state index is -0.110. The smallest absolute Gasteiger partial charge is 0.252 e. The molecule has 0 aromatic carbocycles. The van der Waals surface area contributed by atoms with E-state index in [2.05, 4.69) is 26.7 Å². The highest BCUT2D eigenvalue weighted by Crippen LogP contribution is 2.09. The molecule has 1 aromatic heterocycles. The van der Waals surface area contributed by atoms with Gasteiger partial charge in [-0.05, 0) is 26.3 Å². The average molecular weight is 234 g/mol. The molecule has 0 fully saturated rings. The van der Waals surface area contributed by atoms with E-state index in [1.54, 1.807) is 6.92 Å². The molecule has 3 N–H and O–H groups in total. The molecule has 2 rings (SSSR count). The zero-order valence-electron chi connectivity index (χ0n) is 10.0. The molecule has 92 valence electrons. The van der Waals surface area contributed by atoms with E-state index in [0.29, 0.717) is 11.6 Å². The van der Waals surface area contributed by atoms with E-state index < -0.39 is 0 Å². The number of hydrogen-bond acceptors (Lipinski definition) is 4. The van der Waals surface area contributed by atoms with Crippen LogP contribution in [0.2, 0.25) is 0 Å². The lowest BCUT2D eigenvalue weighted by Gasteiger charge is -2.14. The predicted octanol–water partition coefficient (Wildman–Crippen LogP) is 0.800. The van der Waals surface area contributed by atoms with Gasteiger partial charge >= 0.3 is 0 Å². The zero-order valence-corrected chi connectivity index (χ0v) is 10.0. The minimum Gasteiger partial charge on any atom is -0.370 e. The van der Waals surface area contributed by atoms with Crippen molar-refractivity contribution in [3.05, 3.63) is 33.9 Å². The third kappa shape index (κ3) is 3.71. The number of nitrogens with one attached hydrogen (secondary N) is 3. The first-order valence-corrected chi connectivity index (χ1v) is 5.94. The lowest BCUT2D eigenvalue weighted by molar-refractivity contribution is 0.683. The molecule has 1 aromatic rings. The summed E-state index contributed by atoms with van der Waals surface area (Å²) in [7, 11) is 0. The van der Waals surface area contributed by atoms with Gasteiger partial charge in [0.25, 0.3) is 5.56 Å². The van der Waals surface area contributed by atoms with Crippen molar-refractivity contribution in [2.75, 3.05) is 25.0 Å². The van der Waals surface area contributed by atoms with Gasteiger partial charge in [-0.3, -0.25) is 4.79 Å². The topological polar surface area (TPSA) is 69.8 Å². The third-order valence-corrected chi connectivity index (χ3v) is 2.77. The van der Waals surface area contributed by atoms with Crippen LogP contribution in [-0.4, -0.2) is 29.6 Å². The van der Waals surface area contributed by atoms with E-state index >= 15 is 0 Å². The fraction of sp³-hybridized carbons (Fsp3) is 0.500. The SMILES string of the molecule is Cc1nc(NCCC2=CCNCC2)cc(=O)[nH]1. The van der Waals surface area contributed by atoms with Crippen molar-refractivity contribution in [3.8, 4) is 0 Å². The van der Waals surface area contributed by atoms with E-state index in [0.717, 1.165) is 32.5 Å². The Labute approximate surface area is 100 Å². The summed E-state index contributed by atoms with van der Waals surface area (Å²) in [5.74, 6) is 1.29. The first kappa shape index (κ1) is 11.9. The third-order valence-electron chi connectivity index (χ3n) is 2.77. The fourth-order valence-electron chi connectivity index (χ4n) is 1.92. The van der Waals surface area contributed by atoms with Crippen LogP contribution >= 0.6 is 0 Å². The number of H-pyrrole nitrogens is 1. The van der Waals surface area contributed by atoms with Crippen LogP contribution in [0.25, 0.3) is 0 Å². The molecule has 1 aliphatic rings. The number of anilines is 1. The monoisotopic (exact) mass is 234 g/mol. The molecule has 0 aliphatic carbocycles. The molecule has 0 saturated heterocycles. The Hall–Kier alpha value is -1.62. The van der Waals surface area contributed by atoms with Gasteiger partial charge in [-0.15, -0.1) is 0 Å². The van der Waals surface area contributed by atoms with E-state index in [-0.39, 0.29) is 5.56 Å². The number of nitrogens with zero attached hydrogens (tertiary/aromatic N) is 1. The number of aromatic nitrogens is 2. The average Bonchev–Trinajstić information content (AvgIpc) is 2.29. The van der Waals surface area contributed by atoms with Gasteiger partial charge < -0.3 is 15.6 Å². The van der Waals surface area contributed by atoms with Crippen LogP contribution in [0.3, 0.4) is 0 Å². The van der Waals surface area contributed by atoms with Crippen molar-refractivity contribution in [1.82, 2.24) is 15.3 Å². The summed E-state index contributed by atoms with van der Waals surface area (Å²) in [6.45, 7) is 4.63. The molecule has 0 bridgehead atoms. The van der Waals surface area contributed by atoms with Gasteiger partial charge in [0, 0.05) is 19.2 Å². The highest BCUT2D eigenvalue weighted by atomic mass is 16.1. The highest BCUT2D eigenvalue weighted by molar-refractivity contribution is 5.33. The molecular weight excluding hydrogens is 216 g/mol. The van der Waals surface area contributed by atoms with E-state index in [4.69, 9.17) is 0 Å². The van der Waals surface area contributed by atoms with Gasteiger partial charge in [-0.25, -0.2) is 4.98 Å². The largest absolute Gasteiger partial charge is 0.370 e. The minimum absolute atomic E-state index is 0.110. The van der Waals surface area contributed by atoms with Gasteiger partial charge in [0.15, 0.2) is 0 Å². The van der Waals surface area contributed by atoms with Crippen molar-refractivity contribution in [3.63, 3.8) is 0 Å². The summed E-state index contributed by atoms with van der Waals surface area (Å²) < 4.78 is 0. The molecule has 0 spiro atoms. The maximum atomic E-state index is 11.2. The summed E-state index contributed by atoms with van der Waals surface area (Å²) in [6.07, 6.45) is 4.36. The van der Waals surface area contributed by atoms with Gasteiger partial charge in [0.2, 0.25) is 0 Å². The van der Waals surface area contributed by atoms with E-state index in [1.807, 2.05) is 0 Å². The molecule has 0 amide bonds. The Balaban J connectivity index is 1.85. The second-order valence-corrected chi connectivity index (χ2v) is 4.21. The molecule has 2 heterocycles. The quantitative estimate of drug-likeness (QED) is 0.674. The second kappa shape index (κ2) is 5.63. The molecule has 1 aliphatic heterocycles. The van der Waals surface area contributed by atoms with E-state index in [1.165, 1.54) is 11.6 Å². The molecule has 0 unspecified atom stereocenters. The van der Waals surface area contributed by atoms with Crippen LogP contribution in [0.4, 0.5) is 5.82 Å². The summed E-state index contributed by atoms with van der Waals surface area (Å²) in [5.41, 5.74) is 1.36. The summed E-state index contributed by atoms with van der Waals surface area (Å²) >= 11 is 0. The standard InChI is InChI=1S/C12H18N4O/c1-9-15-11(8-12(17)16-9)14-7-4-10-2-5-13-6-3-10/h2,8,13H,3-7H2,1H3,(H2,14,15,16,17). The summed E-state index contributed by atoms with van der Waals surface area (Å²) in [4.78, 5) is 18.1. The lowest BCUT2D eigenvalue weighted by atomic mass is 10.1. The molecule has 17 heavy (non-hydrogen) atoms. The second-order valence-electron chi connectivity index (χ2n) is 4.21. The van der Waals surface area contributed by atoms with Crippen molar-refractivity contribution < 1.29 is 0 Å². The highest BCUT2D eigenvalue weighted by Gasteiger charge is 2.03. The van der Waals surface area contributed by atoms with Crippen LogP contribution in [0, 0.1) is 6.92 Å². The Morgan fingerprint density at radius 1 is 1.53 bits per heavy atom.